The number of fused-ring (bicyclic) bond motifs is 2. The summed E-state index contributed by atoms with van der Waals surface area (Å²) in [5, 5.41) is 11.5. The summed E-state index contributed by atoms with van der Waals surface area (Å²) in [5.41, 5.74) is 2.83. The zero-order valence-electron chi connectivity index (χ0n) is 16.4. The molecule has 1 N–H and O–H groups in total. The number of hydrogen-bond donors (Lipinski definition) is 1. The molecule has 1 aliphatic carbocycles. The van der Waals surface area contributed by atoms with Crippen LogP contribution in [-0.4, -0.2) is 28.2 Å². The molecular formula is C24H27N3O. The second-order valence-corrected chi connectivity index (χ2v) is 8.45. The predicted octanol–water partition coefficient (Wildman–Crippen LogP) is 5.33. The molecule has 2 fully saturated rings. The average Bonchev–Trinajstić information content (AvgIpc) is 2.72. The monoisotopic (exact) mass is 373 g/mol. The molecule has 1 saturated heterocycles. The maximum absolute atomic E-state index is 10.4. The highest BCUT2D eigenvalue weighted by molar-refractivity contribution is 5.92. The number of piperidine rings is 1. The van der Waals surface area contributed by atoms with E-state index in [1.807, 2.05) is 18.2 Å². The Bertz CT molecular complexity index is 1020. The molecule has 2 aliphatic rings. The average molecular weight is 374 g/mol. The van der Waals surface area contributed by atoms with E-state index < -0.39 is 0 Å². The lowest BCUT2D eigenvalue weighted by atomic mass is 9.75. The minimum atomic E-state index is 0.228. The van der Waals surface area contributed by atoms with Crippen LogP contribution in [-0.2, 0) is 0 Å². The van der Waals surface area contributed by atoms with E-state index in [1.165, 1.54) is 37.7 Å². The van der Waals surface area contributed by atoms with Crippen molar-refractivity contribution in [2.75, 3.05) is 18.0 Å². The first-order valence-electron chi connectivity index (χ1n) is 10.5. The first kappa shape index (κ1) is 17.5. The summed E-state index contributed by atoms with van der Waals surface area (Å²) in [6.07, 6.45) is 6.76. The zero-order chi connectivity index (χ0) is 19.1. The maximum atomic E-state index is 10.4. The smallest absolute Gasteiger partial charge is 0.165 e. The first-order valence-corrected chi connectivity index (χ1v) is 10.5. The number of para-hydroxylation sites is 1. The van der Waals surface area contributed by atoms with Crippen molar-refractivity contribution in [3.63, 3.8) is 0 Å². The number of hydrogen-bond acceptors (Lipinski definition) is 4. The minimum Gasteiger partial charge on any atom is -0.507 e. The van der Waals surface area contributed by atoms with Crippen LogP contribution in [0.4, 0.5) is 5.82 Å². The number of benzene rings is 2. The number of phenolic OH excluding ortho intramolecular Hbond substituents is 1. The molecule has 2 aromatic carbocycles. The Kier molecular flexibility index (Phi) is 4.42. The third-order valence-electron chi connectivity index (χ3n) is 6.57. The second-order valence-electron chi connectivity index (χ2n) is 8.45. The van der Waals surface area contributed by atoms with Gasteiger partial charge >= 0.3 is 0 Å². The van der Waals surface area contributed by atoms with Gasteiger partial charge in [0.15, 0.2) is 5.82 Å². The van der Waals surface area contributed by atoms with E-state index in [2.05, 4.69) is 30.0 Å². The Labute approximate surface area is 166 Å². The molecular weight excluding hydrogens is 346 g/mol. The van der Waals surface area contributed by atoms with Gasteiger partial charge in [-0.2, -0.15) is 0 Å². The number of rotatable bonds is 2. The van der Waals surface area contributed by atoms with E-state index in [0.29, 0.717) is 11.4 Å². The van der Waals surface area contributed by atoms with Crippen LogP contribution >= 0.6 is 0 Å². The van der Waals surface area contributed by atoms with Gasteiger partial charge in [-0.25, -0.2) is 9.97 Å². The van der Waals surface area contributed by atoms with E-state index in [9.17, 15) is 5.11 Å². The third kappa shape index (κ3) is 3.11. The van der Waals surface area contributed by atoms with Crippen molar-refractivity contribution >= 4 is 16.7 Å². The molecule has 3 aromatic rings. The van der Waals surface area contributed by atoms with Crippen LogP contribution in [0.15, 0.2) is 42.5 Å². The van der Waals surface area contributed by atoms with Gasteiger partial charge in [-0.1, -0.05) is 37.5 Å². The molecule has 1 aliphatic heterocycles. The largest absolute Gasteiger partial charge is 0.507 e. The molecule has 0 bridgehead atoms. The van der Waals surface area contributed by atoms with Crippen LogP contribution in [0.3, 0.4) is 0 Å². The summed E-state index contributed by atoms with van der Waals surface area (Å²) in [6.45, 7) is 4.24. The molecule has 1 saturated carbocycles. The molecule has 0 amide bonds. The van der Waals surface area contributed by atoms with Crippen molar-refractivity contribution < 1.29 is 5.11 Å². The fourth-order valence-electron chi connectivity index (χ4n) is 5.04. The van der Waals surface area contributed by atoms with Crippen LogP contribution in [0, 0.1) is 18.8 Å². The van der Waals surface area contributed by atoms with Crippen molar-refractivity contribution in [2.24, 2.45) is 11.8 Å². The molecule has 0 spiro atoms. The normalized spacial score (nSPS) is 22.2. The molecule has 1 aromatic heterocycles. The van der Waals surface area contributed by atoms with Crippen molar-refractivity contribution in [3.8, 4) is 17.1 Å². The Hall–Kier alpha value is -2.62. The van der Waals surface area contributed by atoms with E-state index in [1.54, 1.807) is 6.07 Å². The lowest BCUT2D eigenvalue weighted by molar-refractivity contribution is 0.202. The highest BCUT2D eigenvalue weighted by Crippen LogP contribution is 2.39. The maximum Gasteiger partial charge on any atom is 0.165 e. The number of aromatic hydroxyl groups is 1. The lowest BCUT2D eigenvalue weighted by Gasteiger charge is -2.42. The predicted molar refractivity (Wildman–Crippen MR) is 114 cm³/mol. The SMILES string of the molecule is Cc1ccc2c(N3CC[C@@H]4CCCC[C@@H]4C3)nc(-c3ccccc3O)nc2c1. The number of nitrogens with zero attached hydrogens (tertiary/aromatic N) is 3. The van der Waals surface area contributed by atoms with Crippen LogP contribution < -0.4 is 4.90 Å². The molecule has 144 valence electrons. The molecule has 2 heterocycles. The van der Waals surface area contributed by atoms with Crippen molar-refractivity contribution in [3.05, 3.63) is 48.0 Å². The minimum absolute atomic E-state index is 0.228. The lowest BCUT2D eigenvalue weighted by Crippen LogP contribution is -2.42. The van der Waals surface area contributed by atoms with Gasteiger partial charge in [-0.05, 0) is 61.4 Å². The Morgan fingerprint density at radius 2 is 1.79 bits per heavy atom. The number of aromatic nitrogens is 2. The summed E-state index contributed by atoms with van der Waals surface area (Å²) >= 11 is 0. The summed E-state index contributed by atoms with van der Waals surface area (Å²) < 4.78 is 0. The molecule has 5 rings (SSSR count). The molecule has 2 atom stereocenters. The number of phenols is 1. The zero-order valence-corrected chi connectivity index (χ0v) is 16.4. The second kappa shape index (κ2) is 7.08. The third-order valence-corrected chi connectivity index (χ3v) is 6.57. The van der Waals surface area contributed by atoms with Crippen LogP contribution in [0.2, 0.25) is 0 Å². The Balaban J connectivity index is 1.62. The molecule has 28 heavy (non-hydrogen) atoms. The van der Waals surface area contributed by atoms with Crippen LogP contribution in [0.1, 0.15) is 37.7 Å². The van der Waals surface area contributed by atoms with Gasteiger partial charge in [0.1, 0.15) is 11.6 Å². The first-order chi connectivity index (χ1) is 13.7. The summed E-state index contributed by atoms with van der Waals surface area (Å²) in [5.74, 6) is 3.53. The van der Waals surface area contributed by atoms with Crippen molar-refractivity contribution in [1.82, 2.24) is 9.97 Å². The highest BCUT2D eigenvalue weighted by atomic mass is 16.3. The van der Waals surface area contributed by atoms with Gasteiger partial charge in [0, 0.05) is 18.5 Å². The summed E-state index contributed by atoms with van der Waals surface area (Å²) in [6, 6.07) is 13.8. The molecule has 0 radical (unpaired) electrons. The van der Waals surface area contributed by atoms with Gasteiger partial charge in [0.25, 0.3) is 0 Å². The molecule has 0 unspecified atom stereocenters. The highest BCUT2D eigenvalue weighted by Gasteiger charge is 2.32. The fourth-order valence-corrected chi connectivity index (χ4v) is 5.04. The molecule has 4 nitrogen and oxygen atoms in total. The number of aryl methyl sites for hydroxylation is 1. The Morgan fingerprint density at radius 3 is 2.64 bits per heavy atom. The summed E-state index contributed by atoms with van der Waals surface area (Å²) in [7, 11) is 0. The van der Waals surface area contributed by atoms with E-state index in [0.717, 1.165) is 41.6 Å². The van der Waals surface area contributed by atoms with Crippen molar-refractivity contribution in [2.45, 2.75) is 39.0 Å². The van der Waals surface area contributed by atoms with Crippen LogP contribution in [0.5, 0.6) is 5.75 Å². The van der Waals surface area contributed by atoms with Gasteiger partial charge in [-0.15, -0.1) is 0 Å². The van der Waals surface area contributed by atoms with Gasteiger partial charge in [0.2, 0.25) is 0 Å². The standard InChI is InChI=1S/C24H27N3O/c1-16-10-11-19-21(14-16)25-23(20-8-4-5-9-22(20)28)26-24(19)27-13-12-17-6-2-3-7-18(17)15-27/h4-5,8-11,14,17-18,28H,2-3,6-7,12-13,15H2,1H3/t17-,18+/m0/s1. The van der Waals surface area contributed by atoms with E-state index >= 15 is 0 Å². The van der Waals surface area contributed by atoms with Gasteiger partial charge in [-0.3, -0.25) is 0 Å². The quantitative estimate of drug-likeness (QED) is 0.660. The van der Waals surface area contributed by atoms with E-state index in [4.69, 9.17) is 9.97 Å². The van der Waals surface area contributed by atoms with Gasteiger partial charge < -0.3 is 10.0 Å². The number of anilines is 1. The van der Waals surface area contributed by atoms with Crippen LogP contribution in [0.25, 0.3) is 22.3 Å². The Morgan fingerprint density at radius 1 is 0.964 bits per heavy atom. The van der Waals surface area contributed by atoms with E-state index in [-0.39, 0.29) is 5.75 Å². The van der Waals surface area contributed by atoms with Gasteiger partial charge in [0.05, 0.1) is 11.1 Å². The topological polar surface area (TPSA) is 49.2 Å². The molecule has 4 heteroatoms. The fraction of sp³-hybridized carbons (Fsp3) is 0.417. The summed E-state index contributed by atoms with van der Waals surface area (Å²) in [4.78, 5) is 12.3. The van der Waals surface area contributed by atoms with Crippen molar-refractivity contribution in [1.29, 1.82) is 0 Å².